The molecule has 130 valence electrons. The fourth-order valence-corrected chi connectivity index (χ4v) is 3.04. The number of halogens is 2. The zero-order valence-corrected chi connectivity index (χ0v) is 14.0. The van der Waals surface area contributed by atoms with E-state index in [0.717, 1.165) is 5.56 Å². The summed E-state index contributed by atoms with van der Waals surface area (Å²) in [5.74, 6) is -0.166. The molecule has 8 heteroatoms. The average molecular weight is 363 g/mol. The van der Waals surface area contributed by atoms with Crippen LogP contribution in [-0.2, 0) is 9.53 Å². The van der Waals surface area contributed by atoms with Crippen molar-refractivity contribution in [3.05, 3.63) is 53.6 Å². The van der Waals surface area contributed by atoms with E-state index in [9.17, 15) is 9.18 Å². The molecule has 2 aromatic rings. The Hall–Kier alpha value is -2.51. The van der Waals surface area contributed by atoms with Gasteiger partial charge in [-0.15, -0.1) is 0 Å². The van der Waals surface area contributed by atoms with Gasteiger partial charge in [-0.25, -0.2) is 4.98 Å². The summed E-state index contributed by atoms with van der Waals surface area (Å²) in [5, 5.41) is 0.432. The number of hydrogen-bond acceptors (Lipinski definition) is 5. The summed E-state index contributed by atoms with van der Waals surface area (Å²) in [7, 11) is 0. The molecule has 0 bridgehead atoms. The van der Waals surface area contributed by atoms with Gasteiger partial charge in [0.05, 0.1) is 24.9 Å². The van der Waals surface area contributed by atoms with Gasteiger partial charge in [0.1, 0.15) is 5.82 Å². The predicted octanol–water partition coefficient (Wildman–Crippen LogP) is 2.60. The van der Waals surface area contributed by atoms with Crippen molar-refractivity contribution < 1.29 is 13.9 Å². The van der Waals surface area contributed by atoms with Crippen molar-refractivity contribution in [2.75, 3.05) is 25.5 Å². The maximum absolute atomic E-state index is 13.5. The number of anilines is 1. The molecular weight excluding hydrogens is 347 g/mol. The summed E-state index contributed by atoms with van der Waals surface area (Å²) < 4.78 is 19.0. The molecule has 2 N–H and O–H groups in total. The number of carbonyl (C=O) groups is 1. The molecule has 0 radical (unpaired) electrons. The lowest BCUT2D eigenvalue weighted by atomic mass is 10.0. The number of morpholine rings is 1. The first kappa shape index (κ1) is 17.3. The lowest BCUT2D eigenvalue weighted by molar-refractivity contribution is -0.134. The molecule has 6 nitrogen and oxygen atoms in total. The van der Waals surface area contributed by atoms with Crippen molar-refractivity contribution in [2.45, 2.75) is 6.04 Å². The smallest absolute Gasteiger partial charge is 0.311 e. The largest absolute Gasteiger partial charge is 0.383 e. The van der Waals surface area contributed by atoms with Gasteiger partial charge in [-0.1, -0.05) is 18.2 Å². The molecule has 2 heterocycles. The van der Waals surface area contributed by atoms with E-state index in [1.165, 1.54) is 12.1 Å². The van der Waals surface area contributed by atoms with Gasteiger partial charge in [0.2, 0.25) is 5.91 Å². The topological polar surface area (TPSA) is 81.3 Å². The summed E-state index contributed by atoms with van der Waals surface area (Å²) in [6.45, 7) is 4.77. The van der Waals surface area contributed by atoms with Crippen LogP contribution >= 0.6 is 11.6 Å². The minimum absolute atomic E-state index is 0.0217. The number of rotatable bonds is 3. The number of benzene rings is 1. The van der Waals surface area contributed by atoms with Crippen molar-refractivity contribution in [3.8, 4) is 11.3 Å². The molecule has 0 saturated carbocycles. The Morgan fingerprint density at radius 2 is 2.20 bits per heavy atom. The molecule has 1 aromatic heterocycles. The van der Waals surface area contributed by atoms with E-state index in [2.05, 4.69) is 16.5 Å². The zero-order valence-electron chi connectivity index (χ0n) is 13.3. The van der Waals surface area contributed by atoms with E-state index in [1.807, 2.05) is 0 Å². The molecule has 25 heavy (non-hydrogen) atoms. The van der Waals surface area contributed by atoms with Crippen LogP contribution in [0.2, 0.25) is 5.02 Å². The lowest BCUT2D eigenvalue weighted by Gasteiger charge is -2.35. The Bertz CT molecular complexity index is 810. The Morgan fingerprint density at radius 1 is 1.40 bits per heavy atom. The fraction of sp³-hybridized carbons (Fsp3) is 0.235. The summed E-state index contributed by atoms with van der Waals surface area (Å²) >= 11 is 6.23. The summed E-state index contributed by atoms with van der Waals surface area (Å²) in [6, 6.07) is 6.32. The van der Waals surface area contributed by atoms with Crippen molar-refractivity contribution in [3.63, 3.8) is 0 Å². The lowest BCUT2D eigenvalue weighted by Crippen LogP contribution is -2.42. The molecule has 1 aliphatic heterocycles. The molecule has 1 atom stereocenters. The maximum atomic E-state index is 13.5. The van der Waals surface area contributed by atoms with Crippen LogP contribution in [0, 0.1) is 6.08 Å². The van der Waals surface area contributed by atoms with E-state index < -0.39 is 6.08 Å². The van der Waals surface area contributed by atoms with Gasteiger partial charge in [0.15, 0.2) is 0 Å². The van der Waals surface area contributed by atoms with Gasteiger partial charge in [0, 0.05) is 23.2 Å². The molecule has 1 fully saturated rings. The standard InChI is InChI=1S/C17H16ClFN4O2/c1-2-16(24)23-3-4-25-9-14(23)11-5-10(6-12(18)7-11)13-8-15(20)22-17(19)21-13/h2,5-8,14H,1,3-4,9H2,(H2,20,21,22)/t14-/m0/s1. The van der Waals surface area contributed by atoms with Crippen molar-refractivity contribution in [2.24, 2.45) is 0 Å². The third-order valence-corrected chi connectivity index (χ3v) is 4.12. The summed E-state index contributed by atoms with van der Waals surface area (Å²) in [6.07, 6.45) is 0.352. The molecule has 3 rings (SSSR count). The van der Waals surface area contributed by atoms with Crippen LogP contribution in [0.4, 0.5) is 10.2 Å². The number of hydrogen-bond donors (Lipinski definition) is 1. The summed E-state index contributed by atoms with van der Waals surface area (Å²) in [4.78, 5) is 21.0. The number of nitrogens with two attached hydrogens (primary N) is 1. The third-order valence-electron chi connectivity index (χ3n) is 3.91. The van der Waals surface area contributed by atoms with Crippen molar-refractivity contribution in [1.82, 2.24) is 14.9 Å². The van der Waals surface area contributed by atoms with Crippen molar-refractivity contribution in [1.29, 1.82) is 0 Å². The highest BCUT2D eigenvalue weighted by molar-refractivity contribution is 6.31. The number of nitrogens with zero attached hydrogens (tertiary/aromatic N) is 3. The zero-order chi connectivity index (χ0) is 18.0. The molecule has 1 aliphatic rings. The Labute approximate surface area is 149 Å². The molecule has 0 unspecified atom stereocenters. The predicted molar refractivity (Wildman–Crippen MR) is 92.3 cm³/mol. The van der Waals surface area contributed by atoms with E-state index in [1.54, 1.807) is 23.1 Å². The van der Waals surface area contributed by atoms with Crippen LogP contribution in [0.5, 0.6) is 0 Å². The van der Waals surface area contributed by atoms with E-state index >= 15 is 0 Å². The molecule has 0 aliphatic carbocycles. The van der Waals surface area contributed by atoms with Gasteiger partial charge in [-0.05, 0) is 29.8 Å². The Morgan fingerprint density at radius 3 is 2.92 bits per heavy atom. The molecule has 1 amide bonds. The van der Waals surface area contributed by atoms with E-state index in [4.69, 9.17) is 22.1 Å². The molecule has 0 spiro atoms. The molecular formula is C17H16ClFN4O2. The number of nitrogen functional groups attached to an aromatic ring is 1. The first-order valence-electron chi connectivity index (χ1n) is 7.59. The Balaban J connectivity index is 2.03. The maximum Gasteiger partial charge on any atom is 0.311 e. The van der Waals surface area contributed by atoms with E-state index in [0.29, 0.717) is 36.0 Å². The molecule has 1 aromatic carbocycles. The number of aromatic nitrogens is 2. The number of amides is 1. The summed E-state index contributed by atoms with van der Waals surface area (Å²) in [5.41, 5.74) is 7.23. The highest BCUT2D eigenvalue weighted by Crippen LogP contribution is 2.31. The second-order valence-corrected chi connectivity index (χ2v) is 5.98. The monoisotopic (exact) mass is 362 g/mol. The minimum atomic E-state index is -0.916. The fourth-order valence-electron chi connectivity index (χ4n) is 2.80. The molecule has 1 saturated heterocycles. The third kappa shape index (κ3) is 3.78. The van der Waals surface area contributed by atoms with Crippen LogP contribution in [0.1, 0.15) is 11.6 Å². The first-order chi connectivity index (χ1) is 12.0. The van der Waals surface area contributed by atoms with Crippen LogP contribution in [0.15, 0.2) is 36.9 Å². The van der Waals surface area contributed by atoms with Gasteiger partial charge in [-0.3, -0.25) is 4.79 Å². The van der Waals surface area contributed by atoms with Gasteiger partial charge < -0.3 is 15.4 Å². The first-order valence-corrected chi connectivity index (χ1v) is 7.97. The number of ether oxygens (including phenoxy) is 1. The average Bonchev–Trinajstić information content (AvgIpc) is 2.59. The van der Waals surface area contributed by atoms with Crippen LogP contribution in [-0.4, -0.2) is 40.5 Å². The van der Waals surface area contributed by atoms with E-state index in [-0.39, 0.29) is 17.8 Å². The van der Waals surface area contributed by atoms with Gasteiger partial charge in [-0.2, -0.15) is 9.37 Å². The van der Waals surface area contributed by atoms with Gasteiger partial charge >= 0.3 is 6.08 Å². The minimum Gasteiger partial charge on any atom is -0.383 e. The van der Waals surface area contributed by atoms with Gasteiger partial charge in [0.25, 0.3) is 0 Å². The second-order valence-electron chi connectivity index (χ2n) is 5.55. The second kappa shape index (κ2) is 7.16. The van der Waals surface area contributed by atoms with Crippen LogP contribution in [0.3, 0.4) is 0 Å². The quantitative estimate of drug-likeness (QED) is 0.670. The number of carbonyl (C=O) groups excluding carboxylic acids is 1. The van der Waals surface area contributed by atoms with Crippen molar-refractivity contribution >= 4 is 23.3 Å². The highest BCUT2D eigenvalue weighted by Gasteiger charge is 2.28. The Kier molecular flexibility index (Phi) is 4.96. The van der Waals surface area contributed by atoms with Crippen LogP contribution < -0.4 is 5.73 Å². The SMILES string of the molecule is C=CC(=O)N1CCOC[C@H]1c1cc(Cl)cc(-c2cc(N)nc(F)n2)c1. The highest BCUT2D eigenvalue weighted by atomic mass is 35.5. The van der Waals surface area contributed by atoms with Crippen LogP contribution in [0.25, 0.3) is 11.3 Å². The normalized spacial score (nSPS) is 17.4.